The summed E-state index contributed by atoms with van der Waals surface area (Å²) in [7, 11) is 0. The Labute approximate surface area is 162 Å². The van der Waals surface area contributed by atoms with Gasteiger partial charge in [-0.3, -0.25) is 4.90 Å². The molecule has 1 N–H and O–H groups in total. The van der Waals surface area contributed by atoms with Crippen molar-refractivity contribution in [3.05, 3.63) is 65.2 Å². The summed E-state index contributed by atoms with van der Waals surface area (Å²) in [5.41, 5.74) is 2.74. The second-order valence-electron chi connectivity index (χ2n) is 7.96. The van der Waals surface area contributed by atoms with E-state index in [1.54, 1.807) is 0 Å². The molecule has 2 fully saturated rings. The SMILES string of the molecule is C#CCOc1ccccc1CN1C2CCC1CC(O)(c1ccc(C)cc1)C2. The van der Waals surface area contributed by atoms with Gasteiger partial charge in [-0.2, -0.15) is 0 Å². The summed E-state index contributed by atoms with van der Waals surface area (Å²) >= 11 is 0. The Kier molecular flexibility index (Phi) is 4.95. The molecule has 2 saturated heterocycles. The summed E-state index contributed by atoms with van der Waals surface area (Å²) in [5.74, 6) is 3.41. The lowest BCUT2D eigenvalue weighted by atomic mass is 9.80. The molecule has 140 valence electrons. The van der Waals surface area contributed by atoms with Crippen LogP contribution in [0.15, 0.2) is 48.5 Å². The molecule has 0 radical (unpaired) electrons. The van der Waals surface area contributed by atoms with Gasteiger partial charge in [0.05, 0.1) is 5.60 Å². The van der Waals surface area contributed by atoms with E-state index in [0.717, 1.165) is 43.5 Å². The Hall–Kier alpha value is -2.28. The number of aryl methyl sites for hydroxylation is 1. The highest BCUT2D eigenvalue weighted by molar-refractivity contribution is 5.34. The number of para-hydroxylation sites is 1. The maximum absolute atomic E-state index is 11.4. The van der Waals surface area contributed by atoms with Crippen molar-refractivity contribution in [1.29, 1.82) is 0 Å². The lowest BCUT2D eigenvalue weighted by molar-refractivity contribution is -0.0596. The van der Waals surface area contributed by atoms with Gasteiger partial charge in [-0.1, -0.05) is 53.9 Å². The number of hydrogen-bond acceptors (Lipinski definition) is 3. The first-order valence-electron chi connectivity index (χ1n) is 9.78. The monoisotopic (exact) mass is 361 g/mol. The van der Waals surface area contributed by atoms with Crippen LogP contribution in [0.25, 0.3) is 0 Å². The van der Waals surface area contributed by atoms with Gasteiger partial charge in [-0.15, -0.1) is 6.42 Å². The van der Waals surface area contributed by atoms with Gasteiger partial charge in [0.25, 0.3) is 0 Å². The average Bonchev–Trinajstić information content (AvgIpc) is 2.91. The van der Waals surface area contributed by atoms with Crippen molar-refractivity contribution >= 4 is 0 Å². The maximum Gasteiger partial charge on any atom is 0.148 e. The van der Waals surface area contributed by atoms with Crippen LogP contribution in [0.5, 0.6) is 5.75 Å². The molecule has 0 aromatic heterocycles. The Bertz CT molecular complexity index is 822. The lowest BCUT2D eigenvalue weighted by Crippen LogP contribution is -2.49. The molecule has 2 aliphatic rings. The van der Waals surface area contributed by atoms with E-state index in [4.69, 9.17) is 11.2 Å². The zero-order valence-corrected chi connectivity index (χ0v) is 15.9. The second kappa shape index (κ2) is 7.38. The number of aliphatic hydroxyl groups is 1. The summed E-state index contributed by atoms with van der Waals surface area (Å²) in [6, 6.07) is 17.3. The van der Waals surface area contributed by atoms with Crippen LogP contribution in [0.2, 0.25) is 0 Å². The molecular formula is C24H27NO2. The van der Waals surface area contributed by atoms with Gasteiger partial charge < -0.3 is 9.84 Å². The van der Waals surface area contributed by atoms with Crippen LogP contribution in [-0.2, 0) is 12.1 Å². The van der Waals surface area contributed by atoms with E-state index in [-0.39, 0.29) is 6.61 Å². The Morgan fingerprint density at radius 1 is 1.11 bits per heavy atom. The van der Waals surface area contributed by atoms with Crippen molar-refractivity contribution < 1.29 is 9.84 Å². The number of rotatable bonds is 5. The van der Waals surface area contributed by atoms with Gasteiger partial charge in [0.2, 0.25) is 0 Å². The predicted octanol–water partition coefficient (Wildman–Crippen LogP) is 4.02. The highest BCUT2D eigenvalue weighted by atomic mass is 16.5. The summed E-state index contributed by atoms with van der Waals surface area (Å²) in [6.07, 6.45) is 9.22. The molecule has 3 heteroatoms. The topological polar surface area (TPSA) is 32.7 Å². The number of ether oxygens (including phenoxy) is 1. The van der Waals surface area contributed by atoms with E-state index in [1.165, 1.54) is 11.1 Å². The molecule has 27 heavy (non-hydrogen) atoms. The Balaban J connectivity index is 1.52. The van der Waals surface area contributed by atoms with E-state index in [0.29, 0.717) is 12.1 Å². The molecule has 2 aromatic rings. The summed E-state index contributed by atoms with van der Waals surface area (Å²) in [4.78, 5) is 2.56. The number of benzene rings is 2. The molecule has 0 amide bonds. The van der Waals surface area contributed by atoms with Crippen molar-refractivity contribution in [3.8, 4) is 18.1 Å². The third-order valence-corrected chi connectivity index (χ3v) is 6.14. The van der Waals surface area contributed by atoms with Gasteiger partial charge in [0.15, 0.2) is 0 Å². The van der Waals surface area contributed by atoms with Gasteiger partial charge in [-0.05, 0) is 44.2 Å². The fraction of sp³-hybridized carbons (Fsp3) is 0.417. The first-order valence-corrected chi connectivity index (χ1v) is 9.78. The molecule has 2 heterocycles. The van der Waals surface area contributed by atoms with Crippen molar-refractivity contribution in [2.24, 2.45) is 0 Å². The summed E-state index contributed by atoms with van der Waals surface area (Å²) in [5, 5.41) is 11.4. The van der Waals surface area contributed by atoms with Crippen molar-refractivity contribution in [1.82, 2.24) is 4.90 Å². The molecule has 2 unspecified atom stereocenters. The van der Waals surface area contributed by atoms with Crippen LogP contribution in [0.1, 0.15) is 42.4 Å². The molecule has 0 spiro atoms. The van der Waals surface area contributed by atoms with Crippen molar-refractivity contribution in [2.75, 3.05) is 6.61 Å². The standard InChI is InChI=1S/C24H27NO2/c1-3-14-27-23-7-5-4-6-19(23)17-25-21-12-13-22(25)16-24(26,15-21)20-10-8-18(2)9-11-20/h1,4-11,21-22,26H,12-17H2,2H3. The molecule has 2 atom stereocenters. The molecule has 2 aliphatic heterocycles. The maximum atomic E-state index is 11.4. The molecule has 0 saturated carbocycles. The van der Waals surface area contributed by atoms with E-state index >= 15 is 0 Å². The average molecular weight is 361 g/mol. The number of terminal acetylenes is 1. The van der Waals surface area contributed by atoms with E-state index in [2.05, 4.69) is 48.1 Å². The predicted molar refractivity (Wildman–Crippen MR) is 107 cm³/mol. The van der Waals surface area contributed by atoms with E-state index in [1.807, 2.05) is 18.2 Å². The van der Waals surface area contributed by atoms with Gasteiger partial charge in [0.1, 0.15) is 12.4 Å². The third-order valence-electron chi connectivity index (χ3n) is 6.14. The van der Waals surface area contributed by atoms with Crippen LogP contribution in [-0.4, -0.2) is 28.7 Å². The number of piperidine rings is 1. The fourth-order valence-electron chi connectivity index (χ4n) is 4.77. The summed E-state index contributed by atoms with van der Waals surface area (Å²) < 4.78 is 5.73. The summed E-state index contributed by atoms with van der Waals surface area (Å²) in [6.45, 7) is 3.22. The van der Waals surface area contributed by atoms with Crippen molar-refractivity contribution in [3.63, 3.8) is 0 Å². The van der Waals surface area contributed by atoms with E-state index in [9.17, 15) is 5.11 Å². The zero-order chi connectivity index (χ0) is 18.9. The normalized spacial score (nSPS) is 27.3. The van der Waals surface area contributed by atoms with Crippen LogP contribution in [0.4, 0.5) is 0 Å². The first kappa shape index (κ1) is 18.1. The Morgan fingerprint density at radius 2 is 1.78 bits per heavy atom. The Morgan fingerprint density at radius 3 is 2.44 bits per heavy atom. The third kappa shape index (κ3) is 3.60. The number of fused-ring (bicyclic) bond motifs is 2. The minimum absolute atomic E-state index is 0.289. The number of hydrogen-bond donors (Lipinski definition) is 1. The molecule has 2 aromatic carbocycles. The minimum Gasteiger partial charge on any atom is -0.481 e. The quantitative estimate of drug-likeness (QED) is 0.817. The van der Waals surface area contributed by atoms with Crippen LogP contribution >= 0.6 is 0 Å². The largest absolute Gasteiger partial charge is 0.481 e. The number of nitrogens with zero attached hydrogens (tertiary/aromatic N) is 1. The highest BCUT2D eigenvalue weighted by Gasteiger charge is 2.48. The first-order chi connectivity index (χ1) is 13.1. The molecule has 4 rings (SSSR count). The van der Waals surface area contributed by atoms with Crippen molar-refractivity contribution in [2.45, 2.75) is 56.8 Å². The molecule has 2 bridgehead atoms. The van der Waals surface area contributed by atoms with Gasteiger partial charge in [-0.25, -0.2) is 0 Å². The lowest BCUT2D eigenvalue weighted by Gasteiger charge is -2.44. The second-order valence-corrected chi connectivity index (χ2v) is 7.96. The molecule has 0 aliphatic carbocycles. The van der Waals surface area contributed by atoms with Crippen LogP contribution in [0.3, 0.4) is 0 Å². The highest BCUT2D eigenvalue weighted by Crippen LogP contribution is 2.46. The van der Waals surface area contributed by atoms with Crippen LogP contribution < -0.4 is 4.74 Å². The zero-order valence-electron chi connectivity index (χ0n) is 15.9. The van der Waals surface area contributed by atoms with E-state index < -0.39 is 5.60 Å². The van der Waals surface area contributed by atoms with Gasteiger partial charge in [0, 0.05) is 24.2 Å². The van der Waals surface area contributed by atoms with Gasteiger partial charge >= 0.3 is 0 Å². The fourth-order valence-corrected chi connectivity index (χ4v) is 4.77. The smallest absolute Gasteiger partial charge is 0.148 e. The minimum atomic E-state index is -0.713. The van der Waals surface area contributed by atoms with Crippen LogP contribution in [0, 0.1) is 19.3 Å². The molecular weight excluding hydrogens is 334 g/mol. The molecule has 3 nitrogen and oxygen atoms in total.